The SMILES string of the molecule is C=S(c1ccc(C)cc1)N1CCN(C2CCCCCC2)CC1. The molecule has 1 unspecified atom stereocenters. The summed E-state index contributed by atoms with van der Waals surface area (Å²) in [6, 6.07) is 9.78. The van der Waals surface area contributed by atoms with Crippen LogP contribution in [0.25, 0.3) is 0 Å². The Hall–Kier alpha value is -0.640. The second-order valence-corrected chi connectivity index (χ2v) is 8.51. The first-order chi connectivity index (χ1) is 10.7. The summed E-state index contributed by atoms with van der Waals surface area (Å²) in [5.41, 5.74) is 1.33. The van der Waals surface area contributed by atoms with Gasteiger partial charge >= 0.3 is 0 Å². The lowest BCUT2D eigenvalue weighted by Crippen LogP contribution is -2.48. The smallest absolute Gasteiger partial charge is 0.0216 e. The molecule has 1 aromatic carbocycles. The van der Waals surface area contributed by atoms with Crippen LogP contribution in [0.15, 0.2) is 29.2 Å². The largest absolute Gasteiger partial charge is 0.298 e. The highest BCUT2D eigenvalue weighted by molar-refractivity contribution is 8.12. The minimum atomic E-state index is 0.00525. The molecule has 3 rings (SSSR count). The molecule has 0 aromatic heterocycles. The topological polar surface area (TPSA) is 6.48 Å². The number of hydrogen-bond acceptors (Lipinski definition) is 2. The fraction of sp³-hybridized carbons (Fsp3) is 0.632. The van der Waals surface area contributed by atoms with E-state index in [0.717, 1.165) is 6.04 Å². The molecule has 0 bridgehead atoms. The summed E-state index contributed by atoms with van der Waals surface area (Å²) in [5, 5.41) is 0. The maximum Gasteiger partial charge on any atom is 0.0216 e. The van der Waals surface area contributed by atoms with E-state index >= 15 is 0 Å². The van der Waals surface area contributed by atoms with E-state index in [1.165, 1.54) is 75.2 Å². The van der Waals surface area contributed by atoms with Crippen LogP contribution in [0.4, 0.5) is 0 Å². The molecule has 0 radical (unpaired) electrons. The lowest BCUT2D eigenvalue weighted by molar-refractivity contribution is 0.130. The van der Waals surface area contributed by atoms with Gasteiger partial charge < -0.3 is 0 Å². The maximum absolute atomic E-state index is 4.45. The Kier molecular flexibility index (Phi) is 5.72. The molecule has 0 amide bonds. The van der Waals surface area contributed by atoms with Crippen molar-refractivity contribution in [3.8, 4) is 0 Å². The quantitative estimate of drug-likeness (QED) is 0.605. The van der Waals surface area contributed by atoms with Crippen LogP contribution >= 0.6 is 10.7 Å². The lowest BCUT2D eigenvalue weighted by Gasteiger charge is -2.40. The Bertz CT molecular complexity index is 481. The highest BCUT2D eigenvalue weighted by Crippen LogP contribution is 2.31. The molecule has 1 heterocycles. The number of piperazine rings is 1. The van der Waals surface area contributed by atoms with Crippen LogP contribution < -0.4 is 0 Å². The van der Waals surface area contributed by atoms with Gasteiger partial charge in [-0.3, -0.25) is 9.21 Å². The Morgan fingerprint density at radius 2 is 1.50 bits per heavy atom. The average molecular weight is 319 g/mol. The van der Waals surface area contributed by atoms with Crippen molar-refractivity contribution in [3.05, 3.63) is 29.8 Å². The Balaban J connectivity index is 1.54. The molecule has 1 atom stereocenters. The van der Waals surface area contributed by atoms with Gasteiger partial charge in [-0.05, 0) is 31.9 Å². The van der Waals surface area contributed by atoms with Crippen LogP contribution in [0.1, 0.15) is 44.1 Å². The predicted molar refractivity (Wildman–Crippen MR) is 98.8 cm³/mol. The zero-order valence-corrected chi connectivity index (χ0v) is 14.8. The minimum absolute atomic E-state index is 0.00525. The molecule has 2 fully saturated rings. The Morgan fingerprint density at radius 3 is 2.09 bits per heavy atom. The fourth-order valence-electron chi connectivity index (χ4n) is 3.76. The molecule has 122 valence electrons. The van der Waals surface area contributed by atoms with Crippen LogP contribution in [0.3, 0.4) is 0 Å². The molecule has 1 saturated carbocycles. The van der Waals surface area contributed by atoms with Crippen molar-refractivity contribution in [3.63, 3.8) is 0 Å². The third-order valence-corrected chi connectivity index (χ3v) is 7.02. The first-order valence-corrected chi connectivity index (χ1v) is 10.2. The molecular weight excluding hydrogens is 288 g/mol. The molecule has 1 aliphatic heterocycles. The standard InChI is InChI=1S/C19H30N2S/c1-17-9-11-19(12-10-17)22(2)21-15-13-20(14-16-21)18-7-5-3-4-6-8-18/h9-12,18H,2-8,13-16H2,1H3. The summed E-state index contributed by atoms with van der Waals surface area (Å²) in [6.45, 7) is 6.97. The van der Waals surface area contributed by atoms with Gasteiger partial charge in [0.15, 0.2) is 0 Å². The molecular formula is C19H30N2S. The number of aryl methyl sites for hydroxylation is 1. The van der Waals surface area contributed by atoms with Gasteiger partial charge in [-0.25, -0.2) is 0 Å². The zero-order valence-electron chi connectivity index (χ0n) is 14.0. The van der Waals surface area contributed by atoms with Gasteiger partial charge in [-0.1, -0.05) is 59.9 Å². The molecule has 1 aliphatic carbocycles. The van der Waals surface area contributed by atoms with Crippen molar-refractivity contribution >= 4 is 16.5 Å². The van der Waals surface area contributed by atoms with Crippen LogP contribution in [0.2, 0.25) is 0 Å². The van der Waals surface area contributed by atoms with Gasteiger partial charge in [0.05, 0.1) is 0 Å². The number of hydrogen-bond donors (Lipinski definition) is 0. The van der Waals surface area contributed by atoms with Crippen molar-refractivity contribution in [1.29, 1.82) is 0 Å². The second-order valence-electron chi connectivity index (χ2n) is 6.79. The summed E-state index contributed by atoms with van der Waals surface area (Å²) in [5.74, 6) is 4.45. The number of nitrogens with zero attached hydrogens (tertiary/aromatic N) is 2. The number of rotatable bonds is 3. The Morgan fingerprint density at radius 1 is 0.909 bits per heavy atom. The van der Waals surface area contributed by atoms with E-state index in [1.807, 2.05) is 0 Å². The van der Waals surface area contributed by atoms with E-state index in [-0.39, 0.29) is 10.7 Å². The molecule has 2 nitrogen and oxygen atoms in total. The first-order valence-electron chi connectivity index (χ1n) is 8.84. The molecule has 3 heteroatoms. The zero-order chi connectivity index (χ0) is 15.4. The highest BCUT2D eigenvalue weighted by Gasteiger charge is 2.25. The van der Waals surface area contributed by atoms with E-state index in [2.05, 4.69) is 46.3 Å². The lowest BCUT2D eigenvalue weighted by atomic mass is 10.1. The van der Waals surface area contributed by atoms with Gasteiger partial charge in [-0.2, -0.15) is 0 Å². The summed E-state index contributed by atoms with van der Waals surface area (Å²) in [7, 11) is 0.00525. The third-order valence-electron chi connectivity index (χ3n) is 5.22. The van der Waals surface area contributed by atoms with Crippen molar-refractivity contribution in [2.75, 3.05) is 26.2 Å². The summed E-state index contributed by atoms with van der Waals surface area (Å²) in [4.78, 5) is 4.14. The average Bonchev–Trinajstić information content (AvgIpc) is 2.84. The molecule has 22 heavy (non-hydrogen) atoms. The van der Waals surface area contributed by atoms with Crippen molar-refractivity contribution in [2.45, 2.75) is 56.4 Å². The summed E-state index contributed by atoms with van der Waals surface area (Å²) < 4.78 is 2.58. The second kappa shape index (κ2) is 7.76. The van der Waals surface area contributed by atoms with Crippen LogP contribution in [0.5, 0.6) is 0 Å². The van der Waals surface area contributed by atoms with Crippen LogP contribution in [-0.4, -0.2) is 47.3 Å². The normalized spacial score (nSPS) is 24.0. The van der Waals surface area contributed by atoms with Crippen LogP contribution in [0, 0.1) is 6.92 Å². The minimum Gasteiger partial charge on any atom is -0.298 e. The van der Waals surface area contributed by atoms with Gasteiger partial charge in [-0.15, -0.1) is 0 Å². The molecule has 2 aliphatic rings. The maximum atomic E-state index is 4.45. The predicted octanol–water partition coefficient (Wildman–Crippen LogP) is 4.31. The highest BCUT2D eigenvalue weighted by atomic mass is 32.2. The fourth-order valence-corrected chi connectivity index (χ4v) is 5.11. The monoisotopic (exact) mass is 318 g/mol. The van der Waals surface area contributed by atoms with Gasteiger partial charge in [0.25, 0.3) is 0 Å². The third kappa shape index (κ3) is 4.01. The summed E-state index contributed by atoms with van der Waals surface area (Å²) in [6.07, 6.45) is 8.63. The van der Waals surface area contributed by atoms with Gasteiger partial charge in [0, 0.05) is 37.1 Å². The van der Waals surface area contributed by atoms with E-state index in [9.17, 15) is 0 Å². The first kappa shape index (κ1) is 16.2. The van der Waals surface area contributed by atoms with Gasteiger partial charge in [0.2, 0.25) is 0 Å². The van der Waals surface area contributed by atoms with E-state index < -0.39 is 0 Å². The van der Waals surface area contributed by atoms with Crippen LogP contribution in [-0.2, 0) is 0 Å². The molecule has 1 saturated heterocycles. The van der Waals surface area contributed by atoms with Crippen molar-refractivity contribution < 1.29 is 0 Å². The van der Waals surface area contributed by atoms with Gasteiger partial charge in [0.1, 0.15) is 0 Å². The van der Waals surface area contributed by atoms with E-state index in [0.29, 0.717) is 0 Å². The summed E-state index contributed by atoms with van der Waals surface area (Å²) >= 11 is 0. The molecule has 1 aromatic rings. The van der Waals surface area contributed by atoms with Crippen molar-refractivity contribution in [2.24, 2.45) is 0 Å². The van der Waals surface area contributed by atoms with E-state index in [4.69, 9.17) is 0 Å². The van der Waals surface area contributed by atoms with Crippen molar-refractivity contribution in [1.82, 2.24) is 9.21 Å². The van der Waals surface area contributed by atoms with E-state index in [1.54, 1.807) is 0 Å². The Labute approximate surface area is 138 Å². The molecule has 0 N–H and O–H groups in total. The molecule has 0 spiro atoms. The number of benzene rings is 1.